The molecule has 1 heterocycles. The number of halogens is 3. The molecular weight excluding hydrogens is 383 g/mol. The highest BCUT2D eigenvalue weighted by molar-refractivity contribution is 6.52. The van der Waals surface area contributed by atoms with Gasteiger partial charge in [0.25, 0.3) is 11.7 Å². The van der Waals surface area contributed by atoms with Crippen LogP contribution in [0.1, 0.15) is 15.9 Å². The van der Waals surface area contributed by atoms with Gasteiger partial charge in [-0.25, -0.2) is 0 Å². The van der Waals surface area contributed by atoms with E-state index in [4.69, 9.17) is 0 Å². The van der Waals surface area contributed by atoms with Gasteiger partial charge in [0, 0.05) is 0 Å². The Balaban J connectivity index is 1.63. The Morgan fingerprint density at radius 1 is 0.828 bits per heavy atom. The van der Waals surface area contributed by atoms with Crippen LogP contribution in [0.3, 0.4) is 0 Å². The number of benzene rings is 3. The molecule has 1 aliphatic heterocycles. The first kappa shape index (κ1) is 18.7. The molecule has 1 amide bonds. The van der Waals surface area contributed by atoms with Gasteiger partial charge in [0.05, 0.1) is 17.8 Å². The first-order chi connectivity index (χ1) is 13.8. The maximum absolute atomic E-state index is 12.4. The fraction of sp³-hybridized carbons (Fsp3) is 0.0909. The van der Waals surface area contributed by atoms with Gasteiger partial charge in [-0.2, -0.15) is 0 Å². The number of anilines is 1. The zero-order valence-corrected chi connectivity index (χ0v) is 14.9. The maximum atomic E-state index is 12.4. The van der Waals surface area contributed by atoms with Crippen LogP contribution in [0, 0.1) is 0 Å². The molecule has 0 spiro atoms. The van der Waals surface area contributed by atoms with Crippen molar-refractivity contribution in [2.75, 3.05) is 4.90 Å². The lowest BCUT2D eigenvalue weighted by Crippen LogP contribution is -2.29. The van der Waals surface area contributed by atoms with Crippen LogP contribution in [-0.4, -0.2) is 18.1 Å². The van der Waals surface area contributed by atoms with Crippen molar-refractivity contribution in [3.63, 3.8) is 0 Å². The van der Waals surface area contributed by atoms with E-state index in [1.807, 2.05) is 54.6 Å². The fourth-order valence-electron chi connectivity index (χ4n) is 3.30. The topological polar surface area (TPSA) is 46.6 Å². The van der Waals surface area contributed by atoms with Crippen molar-refractivity contribution in [2.24, 2.45) is 0 Å². The van der Waals surface area contributed by atoms with Crippen molar-refractivity contribution in [2.45, 2.75) is 12.9 Å². The summed E-state index contributed by atoms with van der Waals surface area (Å²) in [5, 5.41) is 0. The summed E-state index contributed by atoms with van der Waals surface area (Å²) >= 11 is 0. The van der Waals surface area contributed by atoms with Crippen LogP contribution in [-0.2, 0) is 11.3 Å². The summed E-state index contributed by atoms with van der Waals surface area (Å²) in [5.74, 6) is -2.17. The van der Waals surface area contributed by atoms with Gasteiger partial charge in [0.15, 0.2) is 0 Å². The molecular formula is C22H14F3NO3. The van der Waals surface area contributed by atoms with E-state index in [2.05, 4.69) is 4.74 Å². The van der Waals surface area contributed by atoms with Gasteiger partial charge in [0.1, 0.15) is 5.75 Å². The molecule has 0 aliphatic carbocycles. The average Bonchev–Trinajstić information content (AvgIpc) is 2.92. The molecule has 3 aromatic rings. The molecule has 4 rings (SSSR count). The van der Waals surface area contributed by atoms with Crippen LogP contribution < -0.4 is 9.64 Å². The average molecular weight is 397 g/mol. The van der Waals surface area contributed by atoms with E-state index in [1.54, 1.807) is 0 Å². The van der Waals surface area contributed by atoms with Crippen LogP contribution in [0.25, 0.3) is 11.1 Å². The molecule has 0 fully saturated rings. The Hall–Kier alpha value is -3.61. The number of alkyl halides is 3. The van der Waals surface area contributed by atoms with Gasteiger partial charge in [-0.15, -0.1) is 13.2 Å². The number of fused-ring (bicyclic) bond motifs is 1. The zero-order valence-electron chi connectivity index (χ0n) is 14.9. The zero-order chi connectivity index (χ0) is 20.6. The molecule has 146 valence electrons. The standard InChI is InChI=1S/C22H14F3NO3/c23-22(24,25)29-17-9-10-19-18(12-17)20(27)21(28)26(19)13-14-5-4-8-16(11-14)15-6-2-1-3-7-15/h1-12H,13H2. The van der Waals surface area contributed by atoms with Crippen molar-refractivity contribution >= 4 is 17.4 Å². The van der Waals surface area contributed by atoms with Crippen molar-refractivity contribution in [1.29, 1.82) is 0 Å². The summed E-state index contributed by atoms with van der Waals surface area (Å²) in [5.41, 5.74) is 2.91. The number of carbonyl (C=O) groups is 2. The molecule has 0 unspecified atom stereocenters. The summed E-state index contributed by atoms with van der Waals surface area (Å²) in [6.45, 7) is 0.123. The van der Waals surface area contributed by atoms with E-state index < -0.39 is 23.8 Å². The van der Waals surface area contributed by atoms with E-state index in [-0.39, 0.29) is 17.8 Å². The van der Waals surface area contributed by atoms with E-state index >= 15 is 0 Å². The van der Waals surface area contributed by atoms with Gasteiger partial charge in [-0.1, -0.05) is 48.5 Å². The van der Waals surface area contributed by atoms with Crippen LogP contribution >= 0.6 is 0 Å². The summed E-state index contributed by atoms with van der Waals surface area (Å²) in [6.07, 6.45) is -4.88. The number of Topliss-reactive ketones (excluding diaryl/α,β-unsaturated/α-hetero) is 1. The lowest BCUT2D eigenvalue weighted by molar-refractivity contribution is -0.274. The predicted molar refractivity (Wildman–Crippen MR) is 101 cm³/mol. The molecule has 29 heavy (non-hydrogen) atoms. The molecule has 4 nitrogen and oxygen atoms in total. The molecule has 0 saturated heterocycles. The van der Waals surface area contributed by atoms with Gasteiger partial charge in [-0.3, -0.25) is 9.59 Å². The third-order valence-electron chi connectivity index (χ3n) is 4.55. The molecule has 1 aliphatic rings. The minimum Gasteiger partial charge on any atom is -0.406 e. The number of nitrogens with zero attached hydrogens (tertiary/aromatic N) is 1. The minimum atomic E-state index is -4.88. The molecule has 0 atom stereocenters. The fourth-order valence-corrected chi connectivity index (χ4v) is 3.30. The normalized spacial score (nSPS) is 13.6. The van der Waals surface area contributed by atoms with Gasteiger partial charge in [-0.05, 0) is 41.0 Å². The molecule has 3 aromatic carbocycles. The predicted octanol–water partition coefficient (Wildman–Crippen LogP) is 4.98. The summed E-state index contributed by atoms with van der Waals surface area (Å²) in [6, 6.07) is 20.5. The second-order valence-electron chi connectivity index (χ2n) is 6.51. The van der Waals surface area contributed by atoms with Crippen molar-refractivity contribution in [3.8, 4) is 16.9 Å². The summed E-state index contributed by atoms with van der Waals surface area (Å²) in [7, 11) is 0. The highest BCUT2D eigenvalue weighted by Crippen LogP contribution is 2.35. The number of rotatable bonds is 4. The lowest BCUT2D eigenvalue weighted by atomic mass is 10.0. The van der Waals surface area contributed by atoms with E-state index in [0.717, 1.165) is 28.8 Å². The van der Waals surface area contributed by atoms with E-state index in [0.29, 0.717) is 0 Å². The van der Waals surface area contributed by atoms with Crippen molar-refractivity contribution < 1.29 is 27.5 Å². The highest BCUT2D eigenvalue weighted by atomic mass is 19.4. The first-order valence-electron chi connectivity index (χ1n) is 8.72. The van der Waals surface area contributed by atoms with Gasteiger partial charge in [0.2, 0.25) is 0 Å². The largest absolute Gasteiger partial charge is 0.573 e. The van der Waals surface area contributed by atoms with Crippen LogP contribution in [0.4, 0.5) is 18.9 Å². The molecule has 0 N–H and O–H groups in total. The Morgan fingerprint density at radius 3 is 2.28 bits per heavy atom. The highest BCUT2D eigenvalue weighted by Gasteiger charge is 2.37. The number of hydrogen-bond acceptors (Lipinski definition) is 3. The Bertz CT molecular complexity index is 1090. The van der Waals surface area contributed by atoms with Gasteiger partial charge >= 0.3 is 6.36 Å². The second kappa shape index (κ2) is 7.09. The summed E-state index contributed by atoms with van der Waals surface area (Å²) in [4.78, 5) is 26.0. The number of ketones is 1. The Morgan fingerprint density at radius 2 is 1.55 bits per heavy atom. The monoisotopic (exact) mass is 397 g/mol. The van der Waals surface area contributed by atoms with Crippen LogP contribution in [0.2, 0.25) is 0 Å². The quantitative estimate of drug-likeness (QED) is 0.584. The maximum Gasteiger partial charge on any atom is 0.573 e. The van der Waals surface area contributed by atoms with Crippen LogP contribution in [0.15, 0.2) is 72.8 Å². The second-order valence-corrected chi connectivity index (χ2v) is 6.51. The molecule has 0 saturated carbocycles. The number of hydrogen-bond donors (Lipinski definition) is 0. The SMILES string of the molecule is O=C1C(=O)N(Cc2cccc(-c3ccccc3)c2)c2ccc(OC(F)(F)F)cc21. The van der Waals surface area contributed by atoms with E-state index in [1.165, 1.54) is 11.0 Å². The van der Waals surface area contributed by atoms with Crippen molar-refractivity contribution in [1.82, 2.24) is 0 Å². The number of amides is 1. The Labute approximate surface area is 164 Å². The molecule has 0 radical (unpaired) electrons. The third-order valence-corrected chi connectivity index (χ3v) is 4.55. The minimum absolute atomic E-state index is 0.101. The molecule has 7 heteroatoms. The van der Waals surface area contributed by atoms with E-state index in [9.17, 15) is 22.8 Å². The Kier molecular flexibility index (Phi) is 4.58. The number of carbonyl (C=O) groups excluding carboxylic acids is 2. The van der Waals surface area contributed by atoms with Crippen molar-refractivity contribution in [3.05, 3.63) is 83.9 Å². The summed E-state index contributed by atoms with van der Waals surface area (Å²) < 4.78 is 41.1. The first-order valence-corrected chi connectivity index (χ1v) is 8.72. The lowest BCUT2D eigenvalue weighted by Gasteiger charge is -2.17. The molecule has 0 bridgehead atoms. The van der Waals surface area contributed by atoms with Gasteiger partial charge < -0.3 is 9.64 Å². The number of ether oxygens (including phenoxy) is 1. The smallest absolute Gasteiger partial charge is 0.406 e. The third kappa shape index (κ3) is 3.85. The molecule has 0 aromatic heterocycles. The van der Waals surface area contributed by atoms with Crippen LogP contribution in [0.5, 0.6) is 5.75 Å².